The zero-order valence-electron chi connectivity index (χ0n) is 12.3. The molecule has 2 N–H and O–H groups in total. The largest absolute Gasteiger partial charge is 0.486 e. The van der Waals surface area contributed by atoms with E-state index in [0.29, 0.717) is 18.2 Å². The summed E-state index contributed by atoms with van der Waals surface area (Å²) in [5.74, 6) is 2.69. The van der Waals surface area contributed by atoms with Crippen LogP contribution in [0, 0.1) is 5.92 Å². The van der Waals surface area contributed by atoms with E-state index in [-0.39, 0.29) is 5.92 Å². The molecule has 0 radical (unpaired) electrons. The minimum Gasteiger partial charge on any atom is -0.486 e. The van der Waals surface area contributed by atoms with Gasteiger partial charge >= 0.3 is 0 Å². The van der Waals surface area contributed by atoms with E-state index in [1.165, 1.54) is 0 Å². The number of fused-ring (bicyclic) bond motifs is 2. The molecule has 1 aliphatic heterocycles. The third-order valence-corrected chi connectivity index (χ3v) is 4.15. The maximum Gasteiger partial charge on any atom is 0.163 e. The summed E-state index contributed by atoms with van der Waals surface area (Å²) in [6.07, 6.45) is 0.852. The summed E-state index contributed by atoms with van der Waals surface area (Å²) in [6.45, 7) is 6.02. The first-order chi connectivity index (χ1) is 10.1. The van der Waals surface area contributed by atoms with Crippen molar-refractivity contribution >= 4 is 28.2 Å². The summed E-state index contributed by atoms with van der Waals surface area (Å²) < 4.78 is 13.5. The number of rotatable bonds is 4. The van der Waals surface area contributed by atoms with E-state index < -0.39 is 0 Å². The van der Waals surface area contributed by atoms with Crippen molar-refractivity contribution in [2.75, 3.05) is 13.2 Å². The smallest absolute Gasteiger partial charge is 0.163 e. The zero-order valence-corrected chi connectivity index (χ0v) is 13.1. The Kier molecular flexibility index (Phi) is 3.71. The number of thiocarbonyl (C=S) groups is 1. The maximum atomic E-state index is 5.75. The molecular formula is C15H19N3O2S. The van der Waals surface area contributed by atoms with Gasteiger partial charge in [-0.1, -0.05) is 26.1 Å². The lowest BCUT2D eigenvalue weighted by molar-refractivity contribution is 0.172. The van der Waals surface area contributed by atoms with Gasteiger partial charge in [-0.15, -0.1) is 0 Å². The lowest BCUT2D eigenvalue weighted by atomic mass is 10.1. The molecule has 6 heteroatoms. The molecule has 0 bridgehead atoms. The van der Waals surface area contributed by atoms with E-state index in [0.717, 1.165) is 41.3 Å². The summed E-state index contributed by atoms with van der Waals surface area (Å²) in [7, 11) is 0. The van der Waals surface area contributed by atoms with Crippen molar-refractivity contribution < 1.29 is 9.47 Å². The van der Waals surface area contributed by atoms with Crippen molar-refractivity contribution in [2.24, 2.45) is 11.7 Å². The van der Waals surface area contributed by atoms with Gasteiger partial charge in [0, 0.05) is 31.0 Å². The Morgan fingerprint density at radius 3 is 2.67 bits per heavy atom. The summed E-state index contributed by atoms with van der Waals surface area (Å²) in [5.41, 5.74) is 7.72. The number of ether oxygens (including phenoxy) is 2. The fourth-order valence-corrected chi connectivity index (χ4v) is 2.62. The van der Waals surface area contributed by atoms with Crippen molar-refractivity contribution in [1.82, 2.24) is 9.55 Å². The van der Waals surface area contributed by atoms with Gasteiger partial charge in [-0.25, -0.2) is 4.98 Å². The van der Waals surface area contributed by atoms with Crippen LogP contribution < -0.4 is 15.2 Å². The van der Waals surface area contributed by atoms with E-state index >= 15 is 0 Å². The molecule has 1 unspecified atom stereocenters. The molecule has 21 heavy (non-hydrogen) atoms. The molecular weight excluding hydrogens is 286 g/mol. The first-order valence-electron chi connectivity index (χ1n) is 7.18. The molecule has 0 amide bonds. The van der Waals surface area contributed by atoms with Crippen LogP contribution >= 0.6 is 12.2 Å². The number of aromatic nitrogens is 2. The number of aryl methyl sites for hydroxylation is 1. The molecule has 3 rings (SSSR count). The van der Waals surface area contributed by atoms with Gasteiger partial charge in [0.05, 0.1) is 16.0 Å². The summed E-state index contributed by atoms with van der Waals surface area (Å²) in [4.78, 5) is 5.22. The summed E-state index contributed by atoms with van der Waals surface area (Å²) >= 11 is 5.09. The first kappa shape index (κ1) is 14.1. The Balaban J connectivity index is 2.10. The second-order valence-corrected chi connectivity index (χ2v) is 5.75. The van der Waals surface area contributed by atoms with Gasteiger partial charge in [0.15, 0.2) is 11.5 Å². The third kappa shape index (κ3) is 2.55. The van der Waals surface area contributed by atoms with Crippen LogP contribution in [0.25, 0.3) is 11.0 Å². The molecule has 0 saturated heterocycles. The van der Waals surface area contributed by atoms with E-state index in [9.17, 15) is 0 Å². The minimum absolute atomic E-state index is 0.121. The van der Waals surface area contributed by atoms with Crippen LogP contribution in [0.15, 0.2) is 12.1 Å². The quantitative estimate of drug-likeness (QED) is 0.878. The molecule has 1 atom stereocenters. The predicted molar refractivity (Wildman–Crippen MR) is 86.1 cm³/mol. The fourth-order valence-electron chi connectivity index (χ4n) is 2.55. The number of benzene rings is 1. The van der Waals surface area contributed by atoms with Gasteiger partial charge in [0.1, 0.15) is 19.0 Å². The van der Waals surface area contributed by atoms with Gasteiger partial charge in [-0.05, 0) is 0 Å². The molecule has 0 fully saturated rings. The summed E-state index contributed by atoms with van der Waals surface area (Å²) in [5, 5.41) is 0. The minimum atomic E-state index is 0.121. The van der Waals surface area contributed by atoms with Gasteiger partial charge in [0.25, 0.3) is 0 Å². The fraction of sp³-hybridized carbons (Fsp3) is 0.467. The first-order valence-corrected chi connectivity index (χ1v) is 7.59. The van der Waals surface area contributed by atoms with E-state index in [1.807, 2.05) is 19.1 Å². The van der Waals surface area contributed by atoms with E-state index in [1.54, 1.807) is 0 Å². The molecule has 1 aromatic carbocycles. The average Bonchev–Trinajstić information content (AvgIpc) is 2.82. The maximum absolute atomic E-state index is 5.75. The van der Waals surface area contributed by atoms with Crippen molar-refractivity contribution in [3.8, 4) is 11.5 Å². The van der Waals surface area contributed by atoms with Gasteiger partial charge in [-0.3, -0.25) is 0 Å². The van der Waals surface area contributed by atoms with Crippen molar-refractivity contribution in [3.63, 3.8) is 0 Å². The van der Waals surface area contributed by atoms with Gasteiger partial charge < -0.3 is 19.8 Å². The molecule has 1 aromatic heterocycles. The highest BCUT2D eigenvalue weighted by Crippen LogP contribution is 2.35. The third-order valence-electron chi connectivity index (χ3n) is 3.75. The Bertz CT molecular complexity index is 696. The van der Waals surface area contributed by atoms with Crippen LogP contribution in [0.2, 0.25) is 0 Å². The number of imidazole rings is 1. The SMILES string of the molecule is CCc1nc2cc3c(cc2n1CC(C)C(N)=S)OCCO3. The highest BCUT2D eigenvalue weighted by Gasteiger charge is 2.19. The Morgan fingerprint density at radius 2 is 2.05 bits per heavy atom. The van der Waals surface area contributed by atoms with E-state index in [2.05, 4.69) is 11.5 Å². The Morgan fingerprint density at radius 1 is 1.38 bits per heavy atom. The van der Waals surface area contributed by atoms with E-state index in [4.69, 9.17) is 32.4 Å². The number of hydrogen-bond acceptors (Lipinski definition) is 4. The average molecular weight is 305 g/mol. The van der Waals surface area contributed by atoms with Crippen molar-refractivity contribution in [2.45, 2.75) is 26.8 Å². The topological polar surface area (TPSA) is 62.3 Å². The number of nitrogens with zero attached hydrogens (tertiary/aromatic N) is 2. The lowest BCUT2D eigenvalue weighted by Gasteiger charge is -2.19. The van der Waals surface area contributed by atoms with Crippen LogP contribution in [0.1, 0.15) is 19.7 Å². The summed E-state index contributed by atoms with van der Waals surface area (Å²) in [6, 6.07) is 3.95. The van der Waals surface area contributed by atoms with Gasteiger partial charge in [0.2, 0.25) is 0 Å². The predicted octanol–water partition coefficient (Wildman–Crippen LogP) is 2.29. The van der Waals surface area contributed by atoms with Crippen LogP contribution in [-0.2, 0) is 13.0 Å². The normalized spacial score (nSPS) is 15.1. The monoisotopic (exact) mass is 305 g/mol. The van der Waals surface area contributed by atoms with Crippen molar-refractivity contribution in [1.29, 1.82) is 0 Å². The molecule has 0 spiro atoms. The molecule has 112 valence electrons. The molecule has 0 aliphatic carbocycles. The molecule has 0 saturated carbocycles. The number of hydrogen-bond donors (Lipinski definition) is 1. The lowest BCUT2D eigenvalue weighted by Crippen LogP contribution is -2.23. The second-order valence-electron chi connectivity index (χ2n) is 5.28. The molecule has 2 heterocycles. The Labute approximate surface area is 129 Å². The van der Waals surface area contributed by atoms with Crippen LogP contribution in [0.3, 0.4) is 0 Å². The Hall–Kier alpha value is -1.82. The zero-order chi connectivity index (χ0) is 15.0. The van der Waals surface area contributed by atoms with Crippen LogP contribution in [-0.4, -0.2) is 27.8 Å². The second kappa shape index (κ2) is 5.52. The molecule has 2 aromatic rings. The molecule has 5 nitrogen and oxygen atoms in total. The number of nitrogens with two attached hydrogens (primary N) is 1. The molecule has 1 aliphatic rings. The van der Waals surface area contributed by atoms with Crippen LogP contribution in [0.5, 0.6) is 11.5 Å². The van der Waals surface area contributed by atoms with Gasteiger partial charge in [-0.2, -0.15) is 0 Å². The van der Waals surface area contributed by atoms with Crippen LogP contribution in [0.4, 0.5) is 0 Å². The highest BCUT2D eigenvalue weighted by molar-refractivity contribution is 7.80. The standard InChI is InChI=1S/C15H19N3O2S/c1-3-14-17-10-6-12-13(20-5-4-19-12)7-11(10)18(14)8-9(2)15(16)21/h6-7,9H,3-5,8H2,1-2H3,(H2,16,21). The highest BCUT2D eigenvalue weighted by atomic mass is 32.1. The van der Waals surface area contributed by atoms with Crippen molar-refractivity contribution in [3.05, 3.63) is 18.0 Å².